The minimum atomic E-state index is -0.990. The SMILES string of the molecule is CC(C)NC(=N)C1(C[C@@H](C)NCC(=O)N2CCC[C@H]2C#N)c2ccc(C(N)=O)cc2CCc2cc(C(N)=O)ccc21. The van der Waals surface area contributed by atoms with Crippen molar-refractivity contribution in [1.29, 1.82) is 10.7 Å². The van der Waals surface area contributed by atoms with Crippen molar-refractivity contribution in [3.05, 3.63) is 69.8 Å². The van der Waals surface area contributed by atoms with Crippen LogP contribution in [0.2, 0.25) is 0 Å². The first-order valence-corrected chi connectivity index (χ1v) is 14.1. The third kappa shape index (κ3) is 5.95. The van der Waals surface area contributed by atoms with Gasteiger partial charge in [0.1, 0.15) is 11.9 Å². The molecule has 7 N–H and O–H groups in total. The highest BCUT2D eigenvalue weighted by Gasteiger charge is 2.45. The van der Waals surface area contributed by atoms with Crippen molar-refractivity contribution >= 4 is 23.6 Å². The second-order valence-electron chi connectivity index (χ2n) is 11.4. The number of aryl methyl sites for hydroxylation is 2. The van der Waals surface area contributed by atoms with Crippen molar-refractivity contribution in [2.75, 3.05) is 13.1 Å². The number of amidine groups is 1. The van der Waals surface area contributed by atoms with E-state index >= 15 is 0 Å². The number of nitrogens with two attached hydrogens (primary N) is 2. The van der Waals surface area contributed by atoms with E-state index in [2.05, 4.69) is 16.7 Å². The molecule has 2 aromatic rings. The van der Waals surface area contributed by atoms with Gasteiger partial charge in [-0.25, -0.2) is 0 Å². The minimum Gasteiger partial charge on any atom is -0.371 e. The van der Waals surface area contributed by atoms with E-state index in [1.54, 1.807) is 29.2 Å². The van der Waals surface area contributed by atoms with E-state index in [0.29, 0.717) is 43.4 Å². The van der Waals surface area contributed by atoms with Gasteiger partial charge in [-0.05, 0) is 99.4 Å². The number of carbonyl (C=O) groups excluding carboxylic acids is 3. The van der Waals surface area contributed by atoms with E-state index in [1.165, 1.54) is 0 Å². The van der Waals surface area contributed by atoms with Crippen LogP contribution in [0.5, 0.6) is 0 Å². The van der Waals surface area contributed by atoms with E-state index in [9.17, 15) is 25.1 Å². The van der Waals surface area contributed by atoms with Gasteiger partial charge < -0.3 is 27.0 Å². The zero-order valence-corrected chi connectivity index (χ0v) is 23.9. The van der Waals surface area contributed by atoms with Crippen molar-refractivity contribution < 1.29 is 14.4 Å². The first-order chi connectivity index (χ1) is 19.5. The predicted octanol–water partition coefficient (Wildman–Crippen LogP) is 2.13. The van der Waals surface area contributed by atoms with Crippen LogP contribution in [0.1, 0.15) is 83.0 Å². The van der Waals surface area contributed by atoms with E-state index in [-0.39, 0.29) is 30.4 Å². The van der Waals surface area contributed by atoms with Crippen LogP contribution in [0.4, 0.5) is 0 Å². The quantitative estimate of drug-likeness (QED) is 0.233. The number of carbonyl (C=O) groups is 3. The molecule has 0 saturated carbocycles. The fourth-order valence-corrected chi connectivity index (χ4v) is 6.25. The number of amides is 3. The number of likely N-dealkylation sites (tertiary alicyclic amines) is 1. The molecule has 2 atom stereocenters. The predicted molar refractivity (Wildman–Crippen MR) is 157 cm³/mol. The van der Waals surface area contributed by atoms with Gasteiger partial charge in [-0.3, -0.25) is 19.8 Å². The van der Waals surface area contributed by atoms with Gasteiger partial charge in [0, 0.05) is 29.8 Å². The molecule has 41 heavy (non-hydrogen) atoms. The zero-order chi connectivity index (χ0) is 29.9. The maximum Gasteiger partial charge on any atom is 0.248 e. The first kappa shape index (κ1) is 29.7. The Kier molecular flexibility index (Phi) is 8.78. The summed E-state index contributed by atoms with van der Waals surface area (Å²) in [5.74, 6) is -0.904. The van der Waals surface area contributed by atoms with Gasteiger partial charge in [0.2, 0.25) is 17.7 Å². The van der Waals surface area contributed by atoms with Crippen LogP contribution in [-0.2, 0) is 23.1 Å². The monoisotopic (exact) mass is 557 g/mol. The van der Waals surface area contributed by atoms with E-state index in [4.69, 9.17) is 11.5 Å². The molecule has 4 rings (SSSR count). The van der Waals surface area contributed by atoms with Crippen LogP contribution in [0, 0.1) is 16.7 Å². The number of fused-ring (bicyclic) bond motifs is 2. The molecule has 216 valence electrons. The maximum absolute atomic E-state index is 13.0. The molecule has 2 aromatic carbocycles. The van der Waals surface area contributed by atoms with Crippen molar-refractivity contribution in [3.63, 3.8) is 0 Å². The van der Waals surface area contributed by atoms with Gasteiger partial charge in [0.25, 0.3) is 0 Å². The normalized spacial score (nSPS) is 18.0. The molecule has 1 fully saturated rings. The molecule has 10 heteroatoms. The van der Waals surface area contributed by atoms with E-state index in [0.717, 1.165) is 28.7 Å². The number of rotatable bonds is 9. The Hall–Kier alpha value is -4.23. The highest BCUT2D eigenvalue weighted by atomic mass is 16.2. The van der Waals surface area contributed by atoms with Gasteiger partial charge in [-0.1, -0.05) is 12.1 Å². The lowest BCUT2D eigenvalue weighted by molar-refractivity contribution is -0.130. The van der Waals surface area contributed by atoms with Crippen molar-refractivity contribution in [1.82, 2.24) is 15.5 Å². The molecule has 0 radical (unpaired) electrons. The van der Waals surface area contributed by atoms with Crippen LogP contribution >= 0.6 is 0 Å². The van der Waals surface area contributed by atoms with Gasteiger partial charge in [0.15, 0.2) is 0 Å². The number of hydrogen-bond donors (Lipinski definition) is 5. The Morgan fingerprint density at radius 3 is 2.10 bits per heavy atom. The largest absolute Gasteiger partial charge is 0.371 e. The maximum atomic E-state index is 13.0. The average Bonchev–Trinajstić information content (AvgIpc) is 3.37. The first-order valence-electron chi connectivity index (χ1n) is 14.1. The lowest BCUT2D eigenvalue weighted by atomic mass is 9.67. The van der Waals surface area contributed by atoms with Crippen LogP contribution in [0.15, 0.2) is 36.4 Å². The van der Waals surface area contributed by atoms with Crippen LogP contribution in [0.25, 0.3) is 0 Å². The molecule has 0 unspecified atom stereocenters. The fourth-order valence-electron chi connectivity index (χ4n) is 6.25. The number of nitriles is 1. The molecule has 0 aromatic heterocycles. The molecule has 10 nitrogen and oxygen atoms in total. The molecule has 1 heterocycles. The topological polar surface area (TPSA) is 178 Å². The number of nitrogens with zero attached hydrogens (tertiary/aromatic N) is 2. The minimum absolute atomic E-state index is 0.0350. The molecule has 1 aliphatic carbocycles. The second-order valence-corrected chi connectivity index (χ2v) is 11.4. The summed E-state index contributed by atoms with van der Waals surface area (Å²) in [6.07, 6.45) is 3.06. The molecular weight excluding hydrogens is 518 g/mol. The third-order valence-electron chi connectivity index (χ3n) is 8.16. The molecule has 0 bridgehead atoms. The van der Waals surface area contributed by atoms with E-state index in [1.807, 2.05) is 32.9 Å². The zero-order valence-electron chi connectivity index (χ0n) is 23.9. The molecule has 2 aliphatic rings. The number of benzene rings is 2. The van der Waals surface area contributed by atoms with Crippen molar-refractivity contribution in [2.24, 2.45) is 11.5 Å². The average molecular weight is 558 g/mol. The van der Waals surface area contributed by atoms with Gasteiger partial charge in [0.05, 0.1) is 18.0 Å². The van der Waals surface area contributed by atoms with Crippen LogP contribution in [0.3, 0.4) is 0 Å². The van der Waals surface area contributed by atoms with Gasteiger partial charge in [-0.2, -0.15) is 5.26 Å². The van der Waals surface area contributed by atoms with Crippen molar-refractivity contribution in [3.8, 4) is 6.07 Å². The Morgan fingerprint density at radius 2 is 1.61 bits per heavy atom. The highest BCUT2D eigenvalue weighted by Crippen LogP contribution is 2.44. The summed E-state index contributed by atoms with van der Waals surface area (Å²) in [6, 6.07) is 12.3. The van der Waals surface area contributed by atoms with Gasteiger partial charge in [-0.15, -0.1) is 0 Å². The Labute approximate surface area is 241 Å². The van der Waals surface area contributed by atoms with Gasteiger partial charge >= 0.3 is 0 Å². The Bertz CT molecular complexity index is 1350. The lowest BCUT2D eigenvalue weighted by Gasteiger charge is -2.40. The standard InChI is InChI=1S/C31H39N7O3/c1-18(2)37-30(35)31(15-19(3)36-17-27(39)38-12-4-5-24(38)16-32)25-10-8-22(28(33)40)13-20(25)6-7-21-14-23(29(34)41)9-11-26(21)31/h8-11,13-14,18-19,24,36H,4-7,12,15,17H2,1-3H3,(H2,33,40)(H2,34,41)(H2,35,37)/t19-,24+/m1/s1. The lowest BCUT2D eigenvalue weighted by Crippen LogP contribution is -2.51. The molecule has 3 amide bonds. The number of primary amides is 2. The van der Waals surface area contributed by atoms with Crippen LogP contribution in [-0.4, -0.2) is 59.7 Å². The molecule has 1 aliphatic heterocycles. The fraction of sp³-hybridized carbons (Fsp3) is 0.452. The molecule has 1 saturated heterocycles. The van der Waals surface area contributed by atoms with Crippen molar-refractivity contribution in [2.45, 2.75) is 76.4 Å². The summed E-state index contributed by atoms with van der Waals surface area (Å²) >= 11 is 0. The summed E-state index contributed by atoms with van der Waals surface area (Å²) in [5.41, 5.74) is 14.6. The summed E-state index contributed by atoms with van der Waals surface area (Å²) in [5, 5.41) is 25.6. The third-order valence-corrected chi connectivity index (χ3v) is 8.16. The summed E-state index contributed by atoms with van der Waals surface area (Å²) in [6.45, 7) is 6.56. The smallest absolute Gasteiger partial charge is 0.248 e. The summed E-state index contributed by atoms with van der Waals surface area (Å²) < 4.78 is 0. The number of nitrogens with one attached hydrogen (secondary N) is 3. The van der Waals surface area contributed by atoms with Crippen LogP contribution < -0.4 is 22.1 Å². The van der Waals surface area contributed by atoms with E-state index < -0.39 is 23.3 Å². The summed E-state index contributed by atoms with van der Waals surface area (Å²) in [7, 11) is 0. The molecule has 0 spiro atoms. The number of hydrogen-bond acceptors (Lipinski definition) is 6. The highest BCUT2D eigenvalue weighted by molar-refractivity contribution is 5.98. The Balaban J connectivity index is 1.80. The second kappa shape index (κ2) is 12.1. The summed E-state index contributed by atoms with van der Waals surface area (Å²) in [4.78, 5) is 38.8. The molecular formula is C31H39N7O3. The Morgan fingerprint density at radius 1 is 1.05 bits per heavy atom.